The van der Waals surface area contributed by atoms with Gasteiger partial charge in [-0.25, -0.2) is 0 Å². The fourth-order valence-corrected chi connectivity index (χ4v) is 4.33. The zero-order valence-corrected chi connectivity index (χ0v) is 20.0. The van der Waals surface area contributed by atoms with Crippen molar-refractivity contribution in [2.45, 2.75) is 46.0 Å². The Morgan fingerprint density at radius 1 is 0.743 bits per heavy atom. The number of carbonyl (C=O) groups excluding carboxylic acids is 2. The Morgan fingerprint density at radius 3 is 1.71 bits per heavy atom. The average Bonchev–Trinajstić information content (AvgIpc) is 2.79. The number of unbranched alkanes of at least 4 members (excludes halogenated alkanes) is 2. The molecule has 0 aliphatic carbocycles. The van der Waals surface area contributed by atoms with Crippen LogP contribution in [-0.4, -0.2) is 21.8 Å². The Kier molecular flexibility index (Phi) is 6.82. The van der Waals surface area contributed by atoms with Crippen LogP contribution in [0.25, 0.3) is 21.8 Å². The molecule has 0 fully saturated rings. The van der Waals surface area contributed by atoms with E-state index in [1.807, 2.05) is 62.4 Å². The molecule has 0 aliphatic heterocycles. The molecule has 2 aromatic carbocycles. The highest BCUT2D eigenvalue weighted by Crippen LogP contribution is 2.34. The Morgan fingerprint density at radius 2 is 1.23 bits per heavy atom. The number of nitrogens with zero attached hydrogens (tertiary/aromatic N) is 3. The molecule has 4 rings (SSSR count). The van der Waals surface area contributed by atoms with Crippen LogP contribution in [0, 0.1) is 13.8 Å². The molecule has 0 bridgehead atoms. The minimum atomic E-state index is -0.326. The van der Waals surface area contributed by atoms with Gasteiger partial charge in [0.05, 0.1) is 11.0 Å². The number of rotatable bonds is 8. The molecule has 0 radical (unpaired) electrons. The highest BCUT2D eigenvalue weighted by Gasteiger charge is 2.20. The maximum absolute atomic E-state index is 13.5. The van der Waals surface area contributed by atoms with Crippen molar-refractivity contribution < 1.29 is 9.59 Å². The molecule has 8 heteroatoms. The lowest BCUT2D eigenvalue weighted by molar-refractivity contribution is -0.118. The van der Waals surface area contributed by atoms with Crippen molar-refractivity contribution in [1.29, 1.82) is 0 Å². The van der Waals surface area contributed by atoms with E-state index >= 15 is 0 Å². The number of nitrogen functional groups attached to an aromatic ring is 2. The minimum Gasteiger partial charge on any atom is -0.398 e. The maximum atomic E-state index is 13.5. The SMILES string of the molecule is Cc1cc(N)c2cc(N(C(=O)CCCCCC(N)=O)c3ccc4nc(C)cc(N)c4c3)ccc2n1. The third-order valence-electron chi connectivity index (χ3n) is 5.98. The number of amides is 2. The molecule has 0 aliphatic rings. The van der Waals surface area contributed by atoms with Crippen molar-refractivity contribution in [3.05, 3.63) is 59.9 Å². The van der Waals surface area contributed by atoms with Crippen LogP contribution in [0.3, 0.4) is 0 Å². The van der Waals surface area contributed by atoms with Gasteiger partial charge in [-0.3, -0.25) is 24.5 Å². The molecule has 6 N–H and O–H groups in total. The molecule has 2 aromatic heterocycles. The first kappa shape index (κ1) is 23.9. The molecule has 0 spiro atoms. The van der Waals surface area contributed by atoms with Crippen LogP contribution in [0.5, 0.6) is 0 Å². The average molecular weight is 471 g/mol. The largest absolute Gasteiger partial charge is 0.398 e. The Labute approximate surface area is 204 Å². The van der Waals surface area contributed by atoms with E-state index in [1.165, 1.54) is 0 Å². The van der Waals surface area contributed by atoms with Crippen LogP contribution in [-0.2, 0) is 9.59 Å². The van der Waals surface area contributed by atoms with E-state index < -0.39 is 0 Å². The predicted molar refractivity (Wildman–Crippen MR) is 141 cm³/mol. The van der Waals surface area contributed by atoms with Crippen molar-refractivity contribution in [3.63, 3.8) is 0 Å². The zero-order valence-electron chi connectivity index (χ0n) is 20.0. The summed E-state index contributed by atoms with van der Waals surface area (Å²) in [5, 5.41) is 1.56. The molecule has 0 atom stereocenters. The van der Waals surface area contributed by atoms with Crippen LogP contribution < -0.4 is 22.1 Å². The van der Waals surface area contributed by atoms with Gasteiger partial charge >= 0.3 is 0 Å². The van der Waals surface area contributed by atoms with Gasteiger partial charge in [-0.05, 0) is 75.2 Å². The maximum Gasteiger partial charge on any atom is 0.231 e. The summed E-state index contributed by atoms with van der Waals surface area (Å²) in [6.45, 7) is 3.79. The number of benzene rings is 2. The summed E-state index contributed by atoms with van der Waals surface area (Å²) in [7, 11) is 0. The Balaban J connectivity index is 1.74. The number of anilines is 4. The molecule has 35 heavy (non-hydrogen) atoms. The molecule has 0 unspecified atom stereocenters. The van der Waals surface area contributed by atoms with Gasteiger partial charge in [0.15, 0.2) is 0 Å². The summed E-state index contributed by atoms with van der Waals surface area (Å²) >= 11 is 0. The number of pyridine rings is 2. The summed E-state index contributed by atoms with van der Waals surface area (Å²) < 4.78 is 0. The standard InChI is InChI=1S/C27H30N6O2/c1-16-12-22(28)20-14-18(8-10-24(20)31-16)33(27(35)7-5-3-4-6-26(30)34)19-9-11-25-21(15-19)23(29)13-17(2)32-25/h8-15H,3-7H2,1-2H3,(H2,28,31)(H2,29,32)(H2,30,34). The van der Waals surface area contributed by atoms with Gasteiger partial charge in [0, 0.05) is 57.8 Å². The summed E-state index contributed by atoms with van der Waals surface area (Å²) in [6.07, 6.45) is 2.69. The molecule has 2 amide bonds. The number of carbonyl (C=O) groups is 2. The summed E-state index contributed by atoms with van der Waals surface area (Å²) in [6, 6.07) is 14.9. The lowest BCUT2D eigenvalue weighted by Gasteiger charge is -2.24. The number of fused-ring (bicyclic) bond motifs is 2. The summed E-state index contributed by atoms with van der Waals surface area (Å²) in [5.41, 5.74) is 23.6. The van der Waals surface area contributed by atoms with Crippen molar-refractivity contribution in [2.24, 2.45) is 5.73 Å². The molecular formula is C27H30N6O2. The molecule has 180 valence electrons. The minimum absolute atomic E-state index is 0.0694. The van der Waals surface area contributed by atoms with Gasteiger partial charge < -0.3 is 17.2 Å². The fraction of sp³-hybridized carbons (Fsp3) is 0.259. The van der Waals surface area contributed by atoms with Crippen LogP contribution >= 0.6 is 0 Å². The summed E-state index contributed by atoms with van der Waals surface area (Å²) in [5.74, 6) is -0.395. The van der Waals surface area contributed by atoms with Crippen LogP contribution in [0.15, 0.2) is 48.5 Å². The van der Waals surface area contributed by atoms with Crippen molar-refractivity contribution in [1.82, 2.24) is 9.97 Å². The van der Waals surface area contributed by atoms with E-state index in [1.54, 1.807) is 4.90 Å². The fourth-order valence-electron chi connectivity index (χ4n) is 4.33. The number of aryl methyl sites for hydroxylation is 2. The third-order valence-corrected chi connectivity index (χ3v) is 5.98. The summed E-state index contributed by atoms with van der Waals surface area (Å²) in [4.78, 5) is 35.3. The molecule has 2 heterocycles. The van der Waals surface area contributed by atoms with Gasteiger partial charge in [0.25, 0.3) is 0 Å². The van der Waals surface area contributed by atoms with Crippen molar-refractivity contribution in [2.75, 3.05) is 16.4 Å². The highest BCUT2D eigenvalue weighted by molar-refractivity contribution is 6.05. The second-order valence-corrected chi connectivity index (χ2v) is 8.86. The van der Waals surface area contributed by atoms with E-state index in [-0.39, 0.29) is 11.8 Å². The zero-order chi connectivity index (χ0) is 25.1. The van der Waals surface area contributed by atoms with Gasteiger partial charge in [-0.2, -0.15) is 0 Å². The lowest BCUT2D eigenvalue weighted by Crippen LogP contribution is -2.25. The second-order valence-electron chi connectivity index (χ2n) is 8.86. The first-order valence-electron chi connectivity index (χ1n) is 11.7. The first-order chi connectivity index (χ1) is 16.7. The van der Waals surface area contributed by atoms with Crippen LogP contribution in [0.1, 0.15) is 43.5 Å². The normalized spacial score (nSPS) is 11.1. The van der Waals surface area contributed by atoms with Crippen molar-refractivity contribution >= 4 is 56.4 Å². The third kappa shape index (κ3) is 5.32. The van der Waals surface area contributed by atoms with Crippen LogP contribution in [0.4, 0.5) is 22.7 Å². The molecular weight excluding hydrogens is 440 g/mol. The number of primary amides is 1. The van der Waals surface area contributed by atoms with Gasteiger partial charge in [0.1, 0.15) is 0 Å². The Hall–Kier alpha value is -4.20. The van der Waals surface area contributed by atoms with Gasteiger partial charge in [0.2, 0.25) is 11.8 Å². The quantitative estimate of drug-likeness (QED) is 0.320. The lowest BCUT2D eigenvalue weighted by atomic mass is 10.1. The topological polar surface area (TPSA) is 141 Å². The van der Waals surface area contributed by atoms with Gasteiger partial charge in [-0.15, -0.1) is 0 Å². The van der Waals surface area contributed by atoms with E-state index in [0.29, 0.717) is 48.4 Å². The highest BCUT2D eigenvalue weighted by atomic mass is 16.2. The smallest absolute Gasteiger partial charge is 0.231 e. The number of hydrogen-bond donors (Lipinski definition) is 3. The van der Waals surface area contributed by atoms with Gasteiger partial charge in [-0.1, -0.05) is 6.42 Å². The number of aromatic nitrogens is 2. The van der Waals surface area contributed by atoms with E-state index in [2.05, 4.69) is 9.97 Å². The molecule has 4 aromatic rings. The van der Waals surface area contributed by atoms with E-state index in [4.69, 9.17) is 17.2 Å². The second kappa shape index (κ2) is 9.97. The van der Waals surface area contributed by atoms with Crippen molar-refractivity contribution in [3.8, 4) is 0 Å². The predicted octanol–water partition coefficient (Wildman–Crippen LogP) is 4.66. The molecule has 0 saturated heterocycles. The molecule has 8 nitrogen and oxygen atoms in total. The molecule has 0 saturated carbocycles. The number of hydrogen-bond acceptors (Lipinski definition) is 6. The monoisotopic (exact) mass is 470 g/mol. The van der Waals surface area contributed by atoms with E-state index in [0.717, 1.165) is 39.6 Å². The van der Waals surface area contributed by atoms with Crippen LogP contribution in [0.2, 0.25) is 0 Å². The first-order valence-corrected chi connectivity index (χ1v) is 11.7. The Bertz CT molecular complexity index is 1340. The van der Waals surface area contributed by atoms with E-state index in [9.17, 15) is 9.59 Å². The number of nitrogens with two attached hydrogens (primary N) is 3.